The zero-order valence-corrected chi connectivity index (χ0v) is 13.9. The van der Waals surface area contributed by atoms with E-state index in [1.807, 2.05) is 0 Å². The molecule has 4 N–H and O–H groups in total. The molecule has 0 spiro atoms. The van der Waals surface area contributed by atoms with Crippen LogP contribution in [0.25, 0.3) is 0 Å². The van der Waals surface area contributed by atoms with Crippen LogP contribution in [0.4, 0.5) is 18.9 Å². The van der Waals surface area contributed by atoms with Gasteiger partial charge in [0.15, 0.2) is 5.11 Å². The van der Waals surface area contributed by atoms with Gasteiger partial charge in [0.05, 0.1) is 5.56 Å². The Morgan fingerprint density at radius 3 is 2.32 bits per heavy atom. The van der Waals surface area contributed by atoms with Crippen LogP contribution in [0.15, 0.2) is 48.5 Å². The molecule has 25 heavy (non-hydrogen) atoms. The number of carbonyl (C=O) groups is 1. The lowest BCUT2D eigenvalue weighted by molar-refractivity contribution is -0.138. The van der Waals surface area contributed by atoms with E-state index in [-0.39, 0.29) is 23.6 Å². The molecule has 0 bridgehead atoms. The van der Waals surface area contributed by atoms with E-state index in [0.717, 1.165) is 6.07 Å². The van der Waals surface area contributed by atoms with Crippen molar-refractivity contribution in [1.29, 1.82) is 0 Å². The number of primary amides is 1. The third-order valence-electron chi connectivity index (χ3n) is 3.43. The Morgan fingerprint density at radius 2 is 1.72 bits per heavy atom. The van der Waals surface area contributed by atoms with Gasteiger partial charge in [-0.15, -0.1) is 0 Å². The first-order valence-electron chi connectivity index (χ1n) is 7.37. The van der Waals surface area contributed by atoms with Crippen molar-refractivity contribution < 1.29 is 18.0 Å². The van der Waals surface area contributed by atoms with Gasteiger partial charge in [0, 0.05) is 17.8 Å². The van der Waals surface area contributed by atoms with Crippen molar-refractivity contribution in [1.82, 2.24) is 5.32 Å². The smallest absolute Gasteiger partial charge is 0.366 e. The lowest BCUT2D eigenvalue weighted by Gasteiger charge is -2.14. The van der Waals surface area contributed by atoms with Crippen molar-refractivity contribution in [3.8, 4) is 0 Å². The molecule has 2 aromatic carbocycles. The predicted molar refractivity (Wildman–Crippen MR) is 94.3 cm³/mol. The van der Waals surface area contributed by atoms with Crippen LogP contribution in [0, 0.1) is 0 Å². The number of carbonyl (C=O) groups excluding carboxylic acids is 1. The van der Waals surface area contributed by atoms with Gasteiger partial charge in [-0.1, -0.05) is 18.2 Å². The number of hydrogen-bond acceptors (Lipinski definition) is 2. The van der Waals surface area contributed by atoms with Crippen LogP contribution in [0.3, 0.4) is 0 Å². The molecule has 0 unspecified atom stereocenters. The third-order valence-corrected chi connectivity index (χ3v) is 3.68. The van der Waals surface area contributed by atoms with Gasteiger partial charge in [-0.3, -0.25) is 4.79 Å². The summed E-state index contributed by atoms with van der Waals surface area (Å²) in [6.45, 7) is 0.248. The van der Waals surface area contributed by atoms with Crippen LogP contribution in [0.5, 0.6) is 0 Å². The van der Waals surface area contributed by atoms with E-state index in [2.05, 4.69) is 10.6 Å². The van der Waals surface area contributed by atoms with E-state index in [4.69, 9.17) is 18.0 Å². The van der Waals surface area contributed by atoms with Crippen molar-refractivity contribution in [2.24, 2.45) is 5.73 Å². The van der Waals surface area contributed by atoms with Crippen molar-refractivity contribution in [2.45, 2.75) is 12.6 Å². The summed E-state index contributed by atoms with van der Waals surface area (Å²) in [4.78, 5) is 11.0. The molecule has 0 heterocycles. The van der Waals surface area contributed by atoms with Gasteiger partial charge in [-0.2, -0.15) is 13.2 Å². The summed E-state index contributed by atoms with van der Waals surface area (Å²) >= 11 is 5.11. The van der Waals surface area contributed by atoms with E-state index in [1.54, 1.807) is 30.3 Å². The number of benzene rings is 2. The highest BCUT2D eigenvalue weighted by Crippen LogP contribution is 2.31. The largest absolute Gasteiger partial charge is 0.416 e. The molecule has 0 radical (unpaired) electrons. The SMILES string of the molecule is NC(=O)c1ccc(NC(=S)NCCc2ccccc2C(F)(F)F)cc1. The highest BCUT2D eigenvalue weighted by Gasteiger charge is 2.32. The average Bonchev–Trinajstić information content (AvgIpc) is 2.55. The highest BCUT2D eigenvalue weighted by atomic mass is 32.1. The first-order valence-corrected chi connectivity index (χ1v) is 7.78. The molecule has 0 saturated carbocycles. The maximum Gasteiger partial charge on any atom is 0.416 e. The normalized spacial score (nSPS) is 11.0. The summed E-state index contributed by atoms with van der Waals surface area (Å²) in [7, 11) is 0. The Labute approximate surface area is 148 Å². The topological polar surface area (TPSA) is 67.2 Å². The van der Waals surface area contributed by atoms with Gasteiger partial charge < -0.3 is 16.4 Å². The van der Waals surface area contributed by atoms with Crippen molar-refractivity contribution in [2.75, 3.05) is 11.9 Å². The number of thiocarbonyl (C=S) groups is 1. The third kappa shape index (κ3) is 5.46. The number of rotatable bonds is 5. The monoisotopic (exact) mass is 367 g/mol. The quantitative estimate of drug-likeness (QED) is 0.709. The van der Waals surface area contributed by atoms with Gasteiger partial charge in [0.25, 0.3) is 0 Å². The number of halogens is 3. The van der Waals surface area contributed by atoms with E-state index in [9.17, 15) is 18.0 Å². The van der Waals surface area contributed by atoms with Crippen LogP contribution in [0.1, 0.15) is 21.5 Å². The maximum absolute atomic E-state index is 12.9. The van der Waals surface area contributed by atoms with Gasteiger partial charge in [-0.05, 0) is 54.5 Å². The second-order valence-corrected chi connectivity index (χ2v) is 5.64. The Morgan fingerprint density at radius 1 is 1.08 bits per heavy atom. The molecule has 132 valence electrons. The summed E-state index contributed by atoms with van der Waals surface area (Å²) in [6.07, 6.45) is -4.20. The van der Waals surface area contributed by atoms with Gasteiger partial charge >= 0.3 is 6.18 Å². The maximum atomic E-state index is 12.9. The average molecular weight is 367 g/mol. The van der Waals surface area contributed by atoms with Gasteiger partial charge in [0.2, 0.25) is 5.91 Å². The molecule has 4 nitrogen and oxygen atoms in total. The minimum atomic E-state index is -4.38. The lowest BCUT2D eigenvalue weighted by Crippen LogP contribution is -2.30. The molecule has 0 aliphatic heterocycles. The number of nitrogens with two attached hydrogens (primary N) is 1. The minimum Gasteiger partial charge on any atom is -0.366 e. The molecule has 0 atom stereocenters. The van der Waals surface area contributed by atoms with E-state index in [1.165, 1.54) is 12.1 Å². The molecule has 0 aliphatic rings. The molecule has 1 amide bonds. The van der Waals surface area contributed by atoms with Crippen molar-refractivity contribution in [3.05, 3.63) is 65.2 Å². The van der Waals surface area contributed by atoms with E-state index in [0.29, 0.717) is 11.3 Å². The first kappa shape index (κ1) is 18.7. The minimum absolute atomic E-state index is 0.179. The Bertz CT molecular complexity index is 760. The number of anilines is 1. The van der Waals surface area contributed by atoms with Gasteiger partial charge in [0.1, 0.15) is 0 Å². The standard InChI is InChI=1S/C17H16F3N3OS/c18-17(19,20)14-4-2-1-3-11(14)9-10-22-16(25)23-13-7-5-12(6-8-13)15(21)24/h1-8H,9-10H2,(H2,21,24)(H2,22,23,25). The molecule has 0 fully saturated rings. The highest BCUT2D eigenvalue weighted by molar-refractivity contribution is 7.80. The fourth-order valence-electron chi connectivity index (χ4n) is 2.22. The first-order chi connectivity index (χ1) is 11.8. The second-order valence-electron chi connectivity index (χ2n) is 5.23. The number of nitrogens with one attached hydrogen (secondary N) is 2. The molecule has 0 aromatic heterocycles. The fourth-order valence-corrected chi connectivity index (χ4v) is 2.44. The molecule has 8 heteroatoms. The predicted octanol–water partition coefficient (Wildman–Crippen LogP) is 3.33. The molecule has 2 rings (SSSR count). The zero-order valence-electron chi connectivity index (χ0n) is 13.1. The van der Waals surface area contributed by atoms with Crippen LogP contribution < -0.4 is 16.4 Å². The van der Waals surface area contributed by atoms with Crippen LogP contribution >= 0.6 is 12.2 Å². The lowest BCUT2D eigenvalue weighted by atomic mass is 10.0. The molecular formula is C17H16F3N3OS. The second kappa shape index (κ2) is 7.98. The Kier molecular flexibility index (Phi) is 5.97. The number of amides is 1. The van der Waals surface area contributed by atoms with Crippen LogP contribution in [-0.2, 0) is 12.6 Å². The number of hydrogen-bond donors (Lipinski definition) is 3. The molecule has 2 aromatic rings. The Balaban J connectivity index is 1.88. The zero-order chi connectivity index (χ0) is 18.4. The Hall–Kier alpha value is -2.61. The van der Waals surface area contributed by atoms with Crippen LogP contribution in [-0.4, -0.2) is 17.6 Å². The van der Waals surface area contributed by atoms with Crippen LogP contribution in [0.2, 0.25) is 0 Å². The summed E-state index contributed by atoms with van der Waals surface area (Å²) in [5.41, 5.74) is 5.72. The van der Waals surface area contributed by atoms with E-state index < -0.39 is 17.6 Å². The fraction of sp³-hybridized carbons (Fsp3) is 0.176. The van der Waals surface area contributed by atoms with E-state index >= 15 is 0 Å². The van der Waals surface area contributed by atoms with Crippen molar-refractivity contribution in [3.63, 3.8) is 0 Å². The molecule has 0 aliphatic carbocycles. The van der Waals surface area contributed by atoms with Gasteiger partial charge in [-0.25, -0.2) is 0 Å². The summed E-state index contributed by atoms with van der Waals surface area (Å²) in [5, 5.41) is 6.02. The number of alkyl halides is 3. The summed E-state index contributed by atoms with van der Waals surface area (Å²) in [5.74, 6) is -0.532. The summed E-state index contributed by atoms with van der Waals surface area (Å²) in [6, 6.07) is 11.8. The molecule has 0 saturated heterocycles. The molecular weight excluding hydrogens is 351 g/mol. The van der Waals surface area contributed by atoms with Crippen molar-refractivity contribution >= 4 is 28.9 Å². The summed E-state index contributed by atoms with van der Waals surface area (Å²) < 4.78 is 38.8.